The fraction of sp³-hybridized carbons (Fsp3) is 0.571. The van der Waals surface area contributed by atoms with Crippen molar-refractivity contribution in [1.82, 2.24) is 4.23 Å². The van der Waals surface area contributed by atoms with Gasteiger partial charge < -0.3 is 0 Å². The Kier molecular flexibility index (Phi) is 1.68. The minimum Gasteiger partial charge on any atom is -0.288 e. The van der Waals surface area contributed by atoms with Crippen LogP contribution in [0.4, 0.5) is 0 Å². The first-order chi connectivity index (χ1) is 4.50. The lowest BCUT2D eigenvalue weighted by molar-refractivity contribution is -0.670. The first kappa shape index (κ1) is 7.53. The fourth-order valence-electron chi connectivity index (χ4n) is 0.847. The van der Waals surface area contributed by atoms with E-state index in [1.165, 1.54) is 0 Å². The lowest BCUT2D eigenvalue weighted by Gasteiger charge is -2.09. The van der Waals surface area contributed by atoms with Gasteiger partial charge in [0.1, 0.15) is 12.4 Å². The van der Waals surface area contributed by atoms with Gasteiger partial charge in [0.05, 0.1) is 7.05 Å². The number of hydrogen-bond donors (Lipinski definition) is 0. The van der Waals surface area contributed by atoms with Gasteiger partial charge in [0.15, 0.2) is 0 Å². The van der Waals surface area contributed by atoms with Gasteiger partial charge in [-0.3, -0.25) is 4.23 Å². The van der Waals surface area contributed by atoms with Crippen LogP contribution in [0.3, 0.4) is 0 Å². The van der Waals surface area contributed by atoms with E-state index in [0.29, 0.717) is 0 Å². The van der Waals surface area contributed by atoms with Crippen LogP contribution in [0.5, 0.6) is 0 Å². The standard InChI is InChI=1S/C7H15N2Si/c1-8-5-6-9(7-8)10(2,3)4/h5-7H,1-4H3/q+1. The maximum Gasteiger partial charge on any atom is 0.257 e. The molecule has 0 saturated carbocycles. The summed E-state index contributed by atoms with van der Waals surface area (Å²) in [6.45, 7) is 6.98. The highest BCUT2D eigenvalue weighted by Gasteiger charge is 2.22. The summed E-state index contributed by atoms with van der Waals surface area (Å²) in [4.78, 5) is 0. The second-order valence-electron chi connectivity index (χ2n) is 3.66. The number of imidazole rings is 1. The molecule has 1 heterocycles. The van der Waals surface area contributed by atoms with E-state index in [0.717, 1.165) is 0 Å². The van der Waals surface area contributed by atoms with Gasteiger partial charge in [-0.1, -0.05) is 0 Å². The Bertz CT molecular complexity index is 222. The molecule has 0 spiro atoms. The monoisotopic (exact) mass is 155 g/mol. The third kappa shape index (κ3) is 1.47. The van der Waals surface area contributed by atoms with Crippen LogP contribution in [0.1, 0.15) is 0 Å². The average Bonchev–Trinajstić information content (AvgIpc) is 2.11. The second-order valence-corrected chi connectivity index (χ2v) is 8.52. The van der Waals surface area contributed by atoms with Gasteiger partial charge in [0, 0.05) is 0 Å². The van der Waals surface area contributed by atoms with Gasteiger partial charge in [-0.2, -0.15) is 0 Å². The normalized spacial score (nSPS) is 12.0. The van der Waals surface area contributed by atoms with Crippen LogP contribution in [-0.4, -0.2) is 12.5 Å². The molecule has 0 fully saturated rings. The summed E-state index contributed by atoms with van der Waals surface area (Å²) < 4.78 is 4.41. The third-order valence-corrected chi connectivity index (χ3v) is 3.36. The molecular formula is C7H15N2Si+. The van der Waals surface area contributed by atoms with Crippen LogP contribution in [0, 0.1) is 0 Å². The van der Waals surface area contributed by atoms with Crippen molar-refractivity contribution in [3.63, 3.8) is 0 Å². The third-order valence-electron chi connectivity index (χ3n) is 1.54. The first-order valence-electron chi connectivity index (χ1n) is 3.54. The minimum absolute atomic E-state index is 1.12. The van der Waals surface area contributed by atoms with E-state index in [2.05, 4.69) is 54.2 Å². The van der Waals surface area contributed by atoms with Crippen molar-refractivity contribution in [3.05, 3.63) is 18.7 Å². The van der Waals surface area contributed by atoms with E-state index >= 15 is 0 Å². The van der Waals surface area contributed by atoms with Gasteiger partial charge in [-0.25, -0.2) is 4.57 Å². The molecule has 1 rings (SSSR count). The SMILES string of the molecule is C[n+]1ccn([Si](C)(C)C)c1. The molecule has 0 aromatic carbocycles. The minimum atomic E-state index is -1.12. The van der Waals surface area contributed by atoms with Crippen molar-refractivity contribution in [1.29, 1.82) is 0 Å². The Morgan fingerprint density at radius 1 is 1.30 bits per heavy atom. The summed E-state index contributed by atoms with van der Waals surface area (Å²) in [6.07, 6.45) is 6.37. The summed E-state index contributed by atoms with van der Waals surface area (Å²) in [5, 5.41) is 0. The topological polar surface area (TPSA) is 8.81 Å². The Morgan fingerprint density at radius 2 is 1.90 bits per heavy atom. The van der Waals surface area contributed by atoms with Crippen molar-refractivity contribution < 1.29 is 4.57 Å². The van der Waals surface area contributed by atoms with Gasteiger partial charge in [-0.05, 0) is 19.6 Å². The van der Waals surface area contributed by atoms with Crippen molar-refractivity contribution in [3.8, 4) is 0 Å². The van der Waals surface area contributed by atoms with Crippen molar-refractivity contribution in [2.45, 2.75) is 19.6 Å². The summed E-state index contributed by atoms with van der Waals surface area (Å²) in [6, 6.07) is 0. The molecule has 1 aromatic rings. The first-order valence-corrected chi connectivity index (χ1v) is 6.98. The van der Waals surface area contributed by atoms with E-state index in [1.807, 2.05) is 0 Å². The van der Waals surface area contributed by atoms with Crippen molar-refractivity contribution in [2.24, 2.45) is 7.05 Å². The molecule has 1 aromatic heterocycles. The van der Waals surface area contributed by atoms with Crippen LogP contribution >= 0.6 is 0 Å². The zero-order chi connectivity index (χ0) is 7.78. The number of aromatic nitrogens is 2. The predicted molar refractivity (Wildman–Crippen MR) is 44.4 cm³/mol. The van der Waals surface area contributed by atoms with Crippen LogP contribution in [-0.2, 0) is 7.05 Å². The number of hydrogen-bond acceptors (Lipinski definition) is 0. The quantitative estimate of drug-likeness (QED) is 0.422. The summed E-state index contributed by atoms with van der Waals surface area (Å²) in [7, 11) is 0.936. The van der Waals surface area contributed by atoms with Crippen molar-refractivity contribution >= 4 is 8.24 Å². The zero-order valence-electron chi connectivity index (χ0n) is 7.13. The largest absolute Gasteiger partial charge is 0.288 e. The fourth-order valence-corrected chi connectivity index (χ4v) is 1.89. The molecule has 56 valence electrons. The van der Waals surface area contributed by atoms with E-state index in [4.69, 9.17) is 0 Å². The van der Waals surface area contributed by atoms with Crippen LogP contribution in [0.15, 0.2) is 18.7 Å². The molecule has 0 aliphatic heterocycles. The average molecular weight is 155 g/mol. The van der Waals surface area contributed by atoms with Crippen LogP contribution in [0.25, 0.3) is 0 Å². The predicted octanol–water partition coefficient (Wildman–Crippen LogP) is 0.996. The summed E-state index contributed by atoms with van der Waals surface area (Å²) >= 11 is 0. The highest BCUT2D eigenvalue weighted by molar-refractivity contribution is 6.74. The molecule has 0 radical (unpaired) electrons. The molecule has 0 aliphatic rings. The lowest BCUT2D eigenvalue weighted by Crippen LogP contribution is -2.33. The van der Waals surface area contributed by atoms with Crippen molar-refractivity contribution in [2.75, 3.05) is 0 Å². The molecule has 0 amide bonds. The molecule has 10 heavy (non-hydrogen) atoms. The molecule has 0 bridgehead atoms. The van der Waals surface area contributed by atoms with Gasteiger partial charge >= 0.3 is 0 Å². The Hall–Kier alpha value is -0.573. The molecule has 0 unspecified atom stereocenters. The number of aryl methyl sites for hydroxylation is 1. The molecular weight excluding hydrogens is 140 g/mol. The Morgan fingerprint density at radius 3 is 2.10 bits per heavy atom. The Labute approximate surface area is 63.2 Å². The number of rotatable bonds is 1. The Balaban J connectivity index is 2.96. The number of nitrogens with zero attached hydrogens (tertiary/aromatic N) is 2. The second kappa shape index (κ2) is 2.23. The van der Waals surface area contributed by atoms with E-state index in [1.54, 1.807) is 0 Å². The highest BCUT2D eigenvalue weighted by atomic mass is 28.3. The maximum absolute atomic E-state index is 2.33. The smallest absolute Gasteiger partial charge is 0.257 e. The van der Waals surface area contributed by atoms with E-state index in [-0.39, 0.29) is 0 Å². The summed E-state index contributed by atoms with van der Waals surface area (Å²) in [5.41, 5.74) is 0. The van der Waals surface area contributed by atoms with Crippen LogP contribution < -0.4 is 4.57 Å². The molecule has 0 aliphatic carbocycles. The maximum atomic E-state index is 2.33. The molecule has 0 N–H and O–H groups in total. The highest BCUT2D eigenvalue weighted by Crippen LogP contribution is 2.02. The lowest BCUT2D eigenvalue weighted by atomic mass is 10.9. The van der Waals surface area contributed by atoms with Gasteiger partial charge in [-0.15, -0.1) is 0 Å². The molecule has 0 saturated heterocycles. The molecule has 2 nitrogen and oxygen atoms in total. The summed E-state index contributed by atoms with van der Waals surface area (Å²) in [5.74, 6) is 0. The molecule has 3 heteroatoms. The molecule has 0 atom stereocenters. The zero-order valence-corrected chi connectivity index (χ0v) is 8.13. The van der Waals surface area contributed by atoms with E-state index in [9.17, 15) is 0 Å². The van der Waals surface area contributed by atoms with Gasteiger partial charge in [0.2, 0.25) is 6.33 Å². The van der Waals surface area contributed by atoms with E-state index < -0.39 is 8.24 Å². The van der Waals surface area contributed by atoms with Gasteiger partial charge in [0.25, 0.3) is 8.24 Å². The van der Waals surface area contributed by atoms with Crippen LogP contribution in [0.2, 0.25) is 19.6 Å².